The molecule has 0 radical (unpaired) electrons. The number of aryl methyl sites for hydroxylation is 2. The second kappa shape index (κ2) is 6.58. The lowest BCUT2D eigenvalue weighted by Crippen LogP contribution is -2.39. The van der Waals surface area contributed by atoms with E-state index in [0.717, 1.165) is 33.1 Å². The number of halogens is 3. The van der Waals surface area contributed by atoms with Gasteiger partial charge >= 0.3 is 6.18 Å². The van der Waals surface area contributed by atoms with Crippen LogP contribution in [0, 0.1) is 6.92 Å². The summed E-state index contributed by atoms with van der Waals surface area (Å²) < 4.78 is 43.9. The van der Waals surface area contributed by atoms with Crippen molar-refractivity contribution in [3.63, 3.8) is 0 Å². The fourth-order valence-electron chi connectivity index (χ4n) is 4.07. The second-order valence-corrected chi connectivity index (χ2v) is 8.10. The summed E-state index contributed by atoms with van der Waals surface area (Å²) in [5.41, 5.74) is 1.88. The summed E-state index contributed by atoms with van der Waals surface area (Å²) in [6.45, 7) is 4.54. The molecule has 0 fully saturated rings. The Hall–Kier alpha value is -2.88. The minimum absolute atomic E-state index is 0.293. The molecule has 1 nitrogen and oxygen atoms in total. The maximum atomic E-state index is 14.0. The molecular weight excluding hydrogens is 371 g/mol. The molecule has 4 rings (SSSR count). The van der Waals surface area contributed by atoms with Crippen molar-refractivity contribution in [3.8, 4) is 11.3 Å². The van der Waals surface area contributed by atoms with Crippen LogP contribution in [-0.2, 0) is 12.5 Å². The third kappa shape index (κ3) is 2.98. The van der Waals surface area contributed by atoms with Crippen molar-refractivity contribution >= 4 is 21.7 Å². The minimum Gasteiger partial charge on any atom is -0.194 e. The predicted molar refractivity (Wildman–Crippen MR) is 112 cm³/mol. The molecule has 1 aromatic heterocycles. The fraction of sp³-hybridized carbons (Fsp3) is 0.240. The van der Waals surface area contributed by atoms with Crippen LogP contribution in [0.1, 0.15) is 25.0 Å². The molecule has 4 aromatic rings. The van der Waals surface area contributed by atoms with Crippen molar-refractivity contribution in [2.45, 2.75) is 32.4 Å². The first kappa shape index (κ1) is 19.4. The van der Waals surface area contributed by atoms with E-state index in [0.29, 0.717) is 10.9 Å². The number of alkyl halides is 3. The number of para-hydroxylation sites is 1. The number of benzene rings is 3. The molecule has 0 aliphatic heterocycles. The van der Waals surface area contributed by atoms with Gasteiger partial charge in [0, 0.05) is 17.7 Å². The van der Waals surface area contributed by atoms with E-state index < -0.39 is 11.6 Å². The van der Waals surface area contributed by atoms with Crippen molar-refractivity contribution in [2.24, 2.45) is 7.05 Å². The van der Waals surface area contributed by atoms with Gasteiger partial charge in [-0.1, -0.05) is 42.5 Å². The zero-order valence-corrected chi connectivity index (χ0v) is 16.9. The van der Waals surface area contributed by atoms with Gasteiger partial charge in [0.2, 0.25) is 11.2 Å². The highest BCUT2D eigenvalue weighted by molar-refractivity contribution is 5.91. The monoisotopic (exact) mass is 394 g/mol. The molecule has 0 atom stereocenters. The van der Waals surface area contributed by atoms with Gasteiger partial charge in [-0.3, -0.25) is 0 Å². The van der Waals surface area contributed by atoms with E-state index in [1.807, 2.05) is 61.0 Å². The number of nitrogens with zero attached hydrogens (tertiary/aromatic N) is 1. The van der Waals surface area contributed by atoms with Crippen LogP contribution >= 0.6 is 0 Å². The Morgan fingerprint density at radius 3 is 2.10 bits per heavy atom. The summed E-state index contributed by atoms with van der Waals surface area (Å²) in [7, 11) is 1.91. The molecule has 0 bridgehead atoms. The smallest absolute Gasteiger partial charge is 0.194 e. The topological polar surface area (TPSA) is 3.88 Å². The van der Waals surface area contributed by atoms with Crippen molar-refractivity contribution in [2.75, 3.05) is 0 Å². The predicted octanol–water partition coefficient (Wildman–Crippen LogP) is 6.63. The highest BCUT2D eigenvalue weighted by Gasteiger charge is 2.50. The van der Waals surface area contributed by atoms with Gasteiger partial charge < -0.3 is 0 Å². The Bertz CT molecular complexity index is 1240. The number of hydrogen-bond donors (Lipinski definition) is 0. The zero-order chi connectivity index (χ0) is 21.0. The van der Waals surface area contributed by atoms with Crippen LogP contribution in [0.25, 0.3) is 32.9 Å². The average Bonchev–Trinajstić information content (AvgIpc) is 2.68. The van der Waals surface area contributed by atoms with E-state index in [1.165, 1.54) is 13.8 Å². The first-order chi connectivity index (χ1) is 13.6. The summed E-state index contributed by atoms with van der Waals surface area (Å²) >= 11 is 0. The lowest BCUT2D eigenvalue weighted by molar-refractivity contribution is -0.633. The highest BCUT2D eigenvalue weighted by Crippen LogP contribution is 2.44. The molecule has 0 unspecified atom stereocenters. The molecule has 0 aliphatic rings. The molecule has 148 valence electrons. The van der Waals surface area contributed by atoms with Gasteiger partial charge in [0.05, 0.1) is 10.8 Å². The molecular formula is C25H23F3N+. The largest absolute Gasteiger partial charge is 0.397 e. The Morgan fingerprint density at radius 1 is 0.793 bits per heavy atom. The van der Waals surface area contributed by atoms with E-state index in [4.69, 9.17) is 0 Å². The van der Waals surface area contributed by atoms with Crippen molar-refractivity contribution in [1.82, 2.24) is 0 Å². The van der Waals surface area contributed by atoms with Gasteiger partial charge in [-0.25, -0.2) is 0 Å². The standard InChI is InChI=1S/C25H23F3N/c1-16-18-10-6-5-9-17(18)13-14-19(16)23-15-21(24(2,3)25(26,27)28)20-11-7-8-12-22(20)29(23)4/h5-15H,1-4H3/q+1. The van der Waals surface area contributed by atoms with Crippen LogP contribution in [0.15, 0.2) is 66.7 Å². The molecule has 29 heavy (non-hydrogen) atoms. The molecule has 3 aromatic carbocycles. The number of fused-ring (bicyclic) bond motifs is 2. The Morgan fingerprint density at radius 2 is 1.41 bits per heavy atom. The molecule has 0 saturated carbocycles. The third-order valence-electron chi connectivity index (χ3n) is 6.05. The van der Waals surface area contributed by atoms with Crippen molar-refractivity contribution < 1.29 is 17.7 Å². The van der Waals surface area contributed by atoms with Crippen LogP contribution in [0.5, 0.6) is 0 Å². The third-order valence-corrected chi connectivity index (χ3v) is 6.05. The molecule has 4 heteroatoms. The number of rotatable bonds is 2. The molecule has 0 aliphatic carbocycles. The van der Waals surface area contributed by atoms with Gasteiger partial charge in [0.15, 0.2) is 0 Å². The van der Waals surface area contributed by atoms with Crippen LogP contribution in [0.3, 0.4) is 0 Å². The quantitative estimate of drug-likeness (QED) is 0.336. The minimum atomic E-state index is -4.36. The van der Waals surface area contributed by atoms with E-state index in [2.05, 4.69) is 6.07 Å². The summed E-state index contributed by atoms with van der Waals surface area (Å²) in [5.74, 6) is 0. The van der Waals surface area contributed by atoms with E-state index in [1.54, 1.807) is 18.2 Å². The molecule has 0 N–H and O–H groups in total. The van der Waals surface area contributed by atoms with Crippen LogP contribution in [-0.4, -0.2) is 6.18 Å². The highest BCUT2D eigenvalue weighted by atomic mass is 19.4. The Balaban J connectivity index is 2.10. The van der Waals surface area contributed by atoms with E-state index >= 15 is 0 Å². The van der Waals surface area contributed by atoms with E-state index in [9.17, 15) is 13.2 Å². The molecule has 1 heterocycles. The SMILES string of the molecule is Cc1c(-c2cc(C(C)(C)C(F)(F)F)c3ccccc3[n+]2C)ccc2ccccc12. The molecule has 0 amide bonds. The van der Waals surface area contributed by atoms with E-state index in [-0.39, 0.29) is 0 Å². The Labute approximate surface area is 168 Å². The van der Waals surface area contributed by atoms with Crippen LogP contribution < -0.4 is 4.57 Å². The summed E-state index contributed by atoms with van der Waals surface area (Å²) in [4.78, 5) is 0. The Kier molecular flexibility index (Phi) is 4.41. The summed E-state index contributed by atoms with van der Waals surface area (Å²) in [5, 5.41) is 2.85. The van der Waals surface area contributed by atoms with Crippen LogP contribution in [0.4, 0.5) is 13.2 Å². The zero-order valence-electron chi connectivity index (χ0n) is 16.9. The molecule has 0 spiro atoms. The normalized spacial score (nSPS) is 12.7. The van der Waals surface area contributed by atoms with Crippen LogP contribution in [0.2, 0.25) is 0 Å². The first-order valence-electron chi connectivity index (χ1n) is 9.60. The first-order valence-corrected chi connectivity index (χ1v) is 9.60. The van der Waals surface area contributed by atoms with Gasteiger partial charge in [0.25, 0.3) is 0 Å². The van der Waals surface area contributed by atoms with Crippen molar-refractivity contribution in [1.29, 1.82) is 0 Å². The van der Waals surface area contributed by atoms with Crippen molar-refractivity contribution in [3.05, 3.63) is 77.9 Å². The summed E-state index contributed by atoms with van der Waals surface area (Å²) in [6, 6.07) is 21.1. The maximum Gasteiger partial charge on any atom is 0.397 e. The number of pyridine rings is 1. The summed E-state index contributed by atoms with van der Waals surface area (Å²) in [6.07, 6.45) is -4.36. The molecule has 0 saturated heterocycles. The number of hydrogen-bond acceptors (Lipinski definition) is 0. The fourth-order valence-corrected chi connectivity index (χ4v) is 4.07. The maximum absolute atomic E-state index is 14.0. The van der Waals surface area contributed by atoms with Gasteiger partial charge in [0.1, 0.15) is 7.05 Å². The average molecular weight is 394 g/mol. The number of aromatic nitrogens is 1. The lowest BCUT2D eigenvalue weighted by atomic mass is 9.81. The lowest BCUT2D eigenvalue weighted by Gasteiger charge is -2.29. The van der Waals surface area contributed by atoms with Gasteiger partial charge in [-0.05, 0) is 54.8 Å². The second-order valence-electron chi connectivity index (χ2n) is 8.10. The van der Waals surface area contributed by atoms with Gasteiger partial charge in [-0.15, -0.1) is 0 Å². The van der Waals surface area contributed by atoms with Gasteiger partial charge in [-0.2, -0.15) is 17.7 Å².